The maximum atomic E-state index is 14.0. The minimum absolute atomic E-state index is 0.0770. The van der Waals surface area contributed by atoms with E-state index >= 15 is 0 Å². The van der Waals surface area contributed by atoms with Crippen molar-refractivity contribution in [3.8, 4) is 16.9 Å². The number of nitrogens with one attached hydrogen (secondary N) is 2. The molecule has 0 fully saturated rings. The van der Waals surface area contributed by atoms with Gasteiger partial charge in [0, 0.05) is 23.4 Å². The number of hydrogen-bond donors (Lipinski definition) is 3. The first-order valence-electron chi connectivity index (χ1n) is 16.5. The summed E-state index contributed by atoms with van der Waals surface area (Å²) in [5, 5.41) is 16.0. The van der Waals surface area contributed by atoms with E-state index in [2.05, 4.69) is 10.6 Å². The maximum absolute atomic E-state index is 14.0. The molecule has 16 nitrogen and oxygen atoms in total. The van der Waals surface area contributed by atoms with Gasteiger partial charge in [-0.2, -0.15) is 8.42 Å². The van der Waals surface area contributed by atoms with Gasteiger partial charge >= 0.3 is 12.2 Å². The van der Waals surface area contributed by atoms with Gasteiger partial charge in [-0.05, 0) is 59.4 Å². The first-order chi connectivity index (χ1) is 25.6. The zero-order valence-electron chi connectivity index (χ0n) is 29.4. The molecule has 0 saturated carbocycles. The molecule has 4 aromatic carbocycles. The van der Waals surface area contributed by atoms with Crippen LogP contribution in [0.3, 0.4) is 0 Å². The first-order valence-corrected chi connectivity index (χ1v) is 17.9. The van der Waals surface area contributed by atoms with Gasteiger partial charge in [0.05, 0.1) is 18.1 Å². The van der Waals surface area contributed by atoms with Crippen molar-refractivity contribution in [3.63, 3.8) is 0 Å². The lowest BCUT2D eigenvalue weighted by Gasteiger charge is -2.37. The van der Waals surface area contributed by atoms with Gasteiger partial charge in [-0.3, -0.25) is 29.2 Å². The summed E-state index contributed by atoms with van der Waals surface area (Å²) in [5.74, 6) is -1.93. The maximum Gasteiger partial charge on any atom is 0.514 e. The minimum atomic E-state index is -4.91. The number of non-ortho nitro benzene ring substituents is 1. The van der Waals surface area contributed by atoms with E-state index in [4.69, 9.17) is 14.2 Å². The van der Waals surface area contributed by atoms with Gasteiger partial charge in [-0.15, -0.1) is 0 Å². The van der Waals surface area contributed by atoms with Gasteiger partial charge in [-0.25, -0.2) is 9.59 Å². The Kier molecular flexibility index (Phi) is 11.6. The molecular formula is C37H36N4O12S. The van der Waals surface area contributed by atoms with Gasteiger partial charge in [0.25, 0.3) is 15.8 Å². The van der Waals surface area contributed by atoms with E-state index in [0.29, 0.717) is 0 Å². The molecule has 2 atom stereocenters. The fourth-order valence-electron chi connectivity index (χ4n) is 6.17. The largest absolute Gasteiger partial charge is 0.514 e. The summed E-state index contributed by atoms with van der Waals surface area (Å²) in [6, 6.07) is 20.1. The highest BCUT2D eigenvalue weighted by Crippen LogP contribution is 2.47. The number of carbonyl (C=O) groups is 4. The minimum Gasteiger partial charge on any atom is -0.453 e. The number of amides is 3. The first kappa shape index (κ1) is 38.9. The molecule has 0 spiro atoms. The van der Waals surface area contributed by atoms with Crippen LogP contribution in [0.4, 0.5) is 21.0 Å². The molecule has 0 aliphatic heterocycles. The highest BCUT2D eigenvalue weighted by Gasteiger charge is 2.43. The fraction of sp³-hybridized carbons (Fsp3) is 0.243. The molecule has 1 aliphatic carbocycles. The molecule has 0 unspecified atom stereocenters. The predicted molar refractivity (Wildman–Crippen MR) is 193 cm³/mol. The summed E-state index contributed by atoms with van der Waals surface area (Å²) >= 11 is 0. The van der Waals surface area contributed by atoms with E-state index in [9.17, 15) is 42.3 Å². The van der Waals surface area contributed by atoms with Gasteiger partial charge in [0.1, 0.15) is 29.3 Å². The number of anilines is 1. The fourth-order valence-corrected chi connectivity index (χ4v) is 6.90. The third kappa shape index (κ3) is 8.48. The molecule has 0 heterocycles. The van der Waals surface area contributed by atoms with E-state index in [1.807, 2.05) is 48.5 Å². The number of nitro benzene ring substituents is 1. The molecule has 4 aromatic rings. The normalized spacial score (nSPS) is 13.1. The van der Waals surface area contributed by atoms with Gasteiger partial charge in [-0.1, -0.05) is 68.4 Å². The Balaban J connectivity index is 1.29. The summed E-state index contributed by atoms with van der Waals surface area (Å²) in [7, 11) is -3.69. The number of methoxy groups -OCH3 is 1. The van der Waals surface area contributed by atoms with Crippen LogP contribution in [0.25, 0.3) is 11.1 Å². The van der Waals surface area contributed by atoms with Crippen molar-refractivity contribution in [1.29, 1.82) is 0 Å². The predicted octanol–water partition coefficient (Wildman–Crippen LogP) is 5.86. The lowest BCUT2D eigenvalue weighted by molar-refractivity contribution is -0.384. The van der Waals surface area contributed by atoms with Crippen LogP contribution in [0, 0.1) is 16.0 Å². The van der Waals surface area contributed by atoms with E-state index in [0.717, 1.165) is 52.6 Å². The number of carbonyl (C=O) groups excluding carboxylic acids is 4. The number of nitrogens with zero attached hydrogens (tertiary/aromatic N) is 2. The number of hydrogen-bond acceptors (Lipinski definition) is 11. The Bertz CT molecular complexity index is 2160. The smallest absolute Gasteiger partial charge is 0.453 e. The Hall–Kier alpha value is -6.33. The third-order valence-electron chi connectivity index (χ3n) is 8.62. The van der Waals surface area contributed by atoms with Gasteiger partial charge in [0.2, 0.25) is 11.8 Å². The van der Waals surface area contributed by atoms with E-state index in [1.54, 1.807) is 13.8 Å². The highest BCUT2D eigenvalue weighted by molar-refractivity contribution is 7.85. The lowest BCUT2D eigenvalue weighted by atomic mass is 9.95. The van der Waals surface area contributed by atoms with Crippen molar-refractivity contribution in [2.24, 2.45) is 5.92 Å². The van der Waals surface area contributed by atoms with Gasteiger partial charge in [0.15, 0.2) is 0 Å². The van der Waals surface area contributed by atoms with Crippen molar-refractivity contribution in [1.82, 2.24) is 10.2 Å². The second-order valence-corrected chi connectivity index (χ2v) is 13.9. The Morgan fingerprint density at radius 3 is 2.02 bits per heavy atom. The van der Waals surface area contributed by atoms with E-state index in [1.165, 1.54) is 31.1 Å². The Morgan fingerprint density at radius 1 is 0.889 bits per heavy atom. The molecule has 17 heteroatoms. The van der Waals surface area contributed by atoms with E-state index in [-0.39, 0.29) is 22.7 Å². The third-order valence-corrected chi connectivity index (χ3v) is 9.56. The average Bonchev–Trinajstić information content (AvgIpc) is 3.46. The lowest BCUT2D eigenvalue weighted by Crippen LogP contribution is -2.56. The molecule has 0 aromatic heterocycles. The van der Waals surface area contributed by atoms with Crippen molar-refractivity contribution in [2.75, 3.05) is 12.4 Å². The van der Waals surface area contributed by atoms with Crippen LogP contribution >= 0.6 is 0 Å². The molecular weight excluding hydrogens is 724 g/mol. The molecule has 0 bridgehead atoms. The molecule has 0 radical (unpaired) electrons. The molecule has 3 N–H and O–H groups in total. The quantitative estimate of drug-likeness (QED) is 0.0508. The van der Waals surface area contributed by atoms with Crippen LogP contribution in [0.1, 0.15) is 43.5 Å². The monoisotopic (exact) mass is 760 g/mol. The number of ether oxygens (including phenoxy) is 3. The van der Waals surface area contributed by atoms with Gasteiger partial charge < -0.3 is 24.8 Å². The van der Waals surface area contributed by atoms with Crippen LogP contribution in [0.2, 0.25) is 0 Å². The average molecular weight is 761 g/mol. The van der Waals surface area contributed by atoms with Crippen LogP contribution in [-0.4, -0.2) is 66.1 Å². The number of fused-ring (bicyclic) bond motifs is 3. The number of benzene rings is 4. The number of rotatable bonds is 12. The van der Waals surface area contributed by atoms with Crippen molar-refractivity contribution in [2.45, 2.75) is 50.4 Å². The zero-order valence-corrected chi connectivity index (χ0v) is 30.2. The summed E-state index contributed by atoms with van der Waals surface area (Å²) in [4.78, 5) is 63.8. The second kappa shape index (κ2) is 16.1. The topological polar surface area (TPSA) is 221 Å². The van der Waals surface area contributed by atoms with Crippen molar-refractivity contribution < 1.29 is 51.3 Å². The van der Waals surface area contributed by atoms with Crippen molar-refractivity contribution in [3.05, 3.63) is 118 Å². The summed E-state index contributed by atoms with van der Waals surface area (Å²) in [6.07, 6.45) is -2.02. The molecule has 5 rings (SSSR count). The van der Waals surface area contributed by atoms with E-state index < -0.39 is 74.7 Å². The molecule has 1 aliphatic rings. The standard InChI is InChI=1S/C37H36N4O12S/c1-21(2)32(40(36(44)51-4)33-29-11-7-5-9-27(29)28-10-6-8-12-30(28)33)35(43)38-22(3)34(42)39-24-14-13-23(31(19-24)54(48,49)50)20-52-37(45)53-26-17-15-25(16-18-26)41(46)47/h5-19,21-22,32-33H,20H2,1-4H3,(H,38,43)(H,39,42)(H,48,49,50)/t22-,32-/m0/s1. The Labute approximate surface area is 309 Å². The summed E-state index contributed by atoms with van der Waals surface area (Å²) in [6.45, 7) is 4.24. The molecule has 0 saturated heterocycles. The zero-order chi connectivity index (χ0) is 39.3. The van der Waals surface area contributed by atoms with Crippen LogP contribution in [0.15, 0.2) is 95.9 Å². The van der Waals surface area contributed by atoms with Crippen molar-refractivity contribution >= 4 is 45.6 Å². The summed E-state index contributed by atoms with van der Waals surface area (Å²) < 4.78 is 49.5. The van der Waals surface area contributed by atoms with Crippen LogP contribution in [-0.2, 0) is 35.8 Å². The SMILES string of the molecule is COC(=O)N(C1c2ccccc2-c2ccccc21)[C@H](C(=O)N[C@@H](C)C(=O)Nc1ccc(COC(=O)Oc2ccc([N+](=O)[O-])cc2)c(S(=O)(=O)O)c1)C(C)C. The molecule has 54 heavy (non-hydrogen) atoms. The number of nitro groups is 1. The Morgan fingerprint density at radius 2 is 1.48 bits per heavy atom. The van der Waals surface area contributed by atoms with Crippen LogP contribution < -0.4 is 15.4 Å². The highest BCUT2D eigenvalue weighted by atomic mass is 32.2. The second-order valence-electron chi connectivity index (χ2n) is 12.6. The van der Waals surface area contributed by atoms with Crippen LogP contribution in [0.5, 0.6) is 5.75 Å². The molecule has 3 amide bonds. The summed E-state index contributed by atoms with van der Waals surface area (Å²) in [5.41, 5.74) is 2.94. The molecule has 282 valence electrons.